The number of hydrogen-bond donors (Lipinski definition) is 1. The van der Waals surface area contributed by atoms with Crippen molar-refractivity contribution in [3.05, 3.63) is 52.3 Å². The predicted molar refractivity (Wildman–Crippen MR) is 84.5 cm³/mol. The number of alkyl halides is 3. The number of fused-ring (bicyclic) bond motifs is 1. The fourth-order valence-corrected chi connectivity index (χ4v) is 4.57. The number of ether oxygens (including phenoxy) is 1. The second-order valence-electron chi connectivity index (χ2n) is 5.79. The topological polar surface area (TPSA) is 63.6 Å². The van der Waals surface area contributed by atoms with Gasteiger partial charge in [0.15, 0.2) is 0 Å². The molecule has 4 nitrogen and oxygen atoms in total. The van der Waals surface area contributed by atoms with Crippen LogP contribution in [0.15, 0.2) is 35.2 Å². The Morgan fingerprint density at radius 1 is 1.27 bits per heavy atom. The quantitative estimate of drug-likeness (QED) is 0.744. The first kappa shape index (κ1) is 18.9. The normalized spacial score (nSPS) is 23.9. The Hall–Kier alpha value is -1.84. The molecular formula is C16H11ClF4O4S. The van der Waals surface area contributed by atoms with Crippen LogP contribution in [0, 0.1) is 5.82 Å². The highest BCUT2D eigenvalue weighted by Crippen LogP contribution is 2.53. The fourth-order valence-electron chi connectivity index (χ4n) is 2.76. The van der Waals surface area contributed by atoms with Crippen molar-refractivity contribution in [3.8, 4) is 11.5 Å². The van der Waals surface area contributed by atoms with E-state index >= 15 is 0 Å². The van der Waals surface area contributed by atoms with E-state index in [0.29, 0.717) is 6.92 Å². The maximum atomic E-state index is 14.5. The number of rotatable bonds is 3. The molecule has 0 saturated heterocycles. The minimum Gasteiger partial charge on any atom is -0.457 e. The lowest BCUT2D eigenvalue weighted by Gasteiger charge is -2.19. The number of aliphatic hydroxyl groups is 1. The molecule has 0 fully saturated rings. The molecule has 3 rings (SSSR count). The lowest BCUT2D eigenvalue weighted by atomic mass is 9.99. The monoisotopic (exact) mass is 410 g/mol. The van der Waals surface area contributed by atoms with E-state index in [1.807, 2.05) is 0 Å². The van der Waals surface area contributed by atoms with Gasteiger partial charge in [-0.1, -0.05) is 11.6 Å². The Morgan fingerprint density at radius 3 is 2.50 bits per heavy atom. The average Bonchev–Trinajstić information content (AvgIpc) is 2.64. The zero-order valence-corrected chi connectivity index (χ0v) is 14.6. The van der Waals surface area contributed by atoms with Gasteiger partial charge in [-0.05, 0) is 31.2 Å². The van der Waals surface area contributed by atoms with E-state index in [9.17, 15) is 31.1 Å². The smallest absolute Gasteiger partial charge is 0.267 e. The van der Waals surface area contributed by atoms with Gasteiger partial charge in [0.25, 0.3) is 6.43 Å². The van der Waals surface area contributed by atoms with Crippen LogP contribution in [0.2, 0.25) is 5.02 Å². The molecule has 2 aromatic rings. The van der Waals surface area contributed by atoms with E-state index in [2.05, 4.69) is 0 Å². The maximum absolute atomic E-state index is 14.5. The molecule has 2 atom stereocenters. The lowest BCUT2D eigenvalue weighted by molar-refractivity contribution is 0.0596. The van der Waals surface area contributed by atoms with Crippen molar-refractivity contribution in [1.82, 2.24) is 0 Å². The molecule has 140 valence electrons. The zero-order valence-electron chi connectivity index (χ0n) is 13.0. The largest absolute Gasteiger partial charge is 0.457 e. The standard InChI is InChI=1S/C16H11ClF4O4S/c1-16(21)14(22)13-11(26(16,23)24)3-2-10(12(13)15(19)20)25-9-5-7(17)4-8(18)6-9/h2-6,14-15,22H,1H3. The van der Waals surface area contributed by atoms with Gasteiger partial charge in [0.05, 0.1) is 10.5 Å². The van der Waals surface area contributed by atoms with Crippen LogP contribution in [-0.4, -0.2) is 18.5 Å². The molecule has 2 unspecified atom stereocenters. The molecule has 10 heteroatoms. The molecule has 0 aromatic heterocycles. The van der Waals surface area contributed by atoms with Crippen LogP contribution in [0.4, 0.5) is 17.6 Å². The molecule has 1 N–H and O–H groups in total. The summed E-state index contributed by atoms with van der Waals surface area (Å²) in [5.41, 5.74) is -1.76. The third-order valence-electron chi connectivity index (χ3n) is 4.07. The van der Waals surface area contributed by atoms with Crippen molar-refractivity contribution in [3.63, 3.8) is 0 Å². The van der Waals surface area contributed by atoms with Crippen LogP contribution in [0.25, 0.3) is 0 Å². The van der Waals surface area contributed by atoms with Crippen LogP contribution in [0.3, 0.4) is 0 Å². The highest BCUT2D eigenvalue weighted by molar-refractivity contribution is 7.93. The summed E-state index contributed by atoms with van der Waals surface area (Å²) >= 11 is 5.67. The molecule has 26 heavy (non-hydrogen) atoms. The highest BCUT2D eigenvalue weighted by atomic mass is 35.5. The van der Waals surface area contributed by atoms with Gasteiger partial charge >= 0.3 is 0 Å². The zero-order chi connectivity index (χ0) is 19.4. The Bertz CT molecular complexity index is 972. The first-order valence-corrected chi connectivity index (χ1v) is 9.03. The van der Waals surface area contributed by atoms with Gasteiger partial charge in [-0.3, -0.25) is 0 Å². The Labute approximate surface area is 150 Å². The summed E-state index contributed by atoms with van der Waals surface area (Å²) in [7, 11) is -4.68. The molecule has 0 bridgehead atoms. The lowest BCUT2D eigenvalue weighted by Crippen LogP contribution is -2.30. The van der Waals surface area contributed by atoms with Crippen LogP contribution in [0.1, 0.15) is 30.6 Å². The summed E-state index contributed by atoms with van der Waals surface area (Å²) in [4.78, 5) is -0.741. The van der Waals surface area contributed by atoms with E-state index in [-0.39, 0.29) is 10.8 Å². The van der Waals surface area contributed by atoms with E-state index in [1.165, 1.54) is 0 Å². The molecule has 2 aromatic carbocycles. The van der Waals surface area contributed by atoms with E-state index < -0.39 is 55.0 Å². The summed E-state index contributed by atoms with van der Waals surface area (Å²) in [6.45, 7) is 0.592. The Morgan fingerprint density at radius 2 is 1.92 bits per heavy atom. The molecule has 1 heterocycles. The Kier molecular flexibility index (Phi) is 4.45. The fraction of sp³-hybridized carbons (Fsp3) is 0.250. The van der Waals surface area contributed by atoms with Gasteiger partial charge in [0.2, 0.25) is 14.8 Å². The summed E-state index contributed by atoms with van der Waals surface area (Å²) < 4.78 is 84.6. The molecule has 0 radical (unpaired) electrons. The van der Waals surface area contributed by atoms with Crippen LogP contribution < -0.4 is 4.74 Å². The number of sulfone groups is 1. The van der Waals surface area contributed by atoms with Crippen molar-refractivity contribution in [2.45, 2.75) is 29.3 Å². The first-order chi connectivity index (χ1) is 12.0. The number of halogens is 5. The van der Waals surface area contributed by atoms with E-state index in [4.69, 9.17) is 16.3 Å². The third kappa shape index (κ3) is 2.74. The highest BCUT2D eigenvalue weighted by Gasteiger charge is 2.57. The van der Waals surface area contributed by atoms with Gasteiger partial charge in [-0.15, -0.1) is 0 Å². The van der Waals surface area contributed by atoms with Crippen molar-refractivity contribution in [2.24, 2.45) is 0 Å². The minimum absolute atomic E-state index is 0.0568. The number of aliphatic hydroxyl groups excluding tert-OH is 1. The molecule has 0 aliphatic carbocycles. The molecule has 0 saturated carbocycles. The second-order valence-corrected chi connectivity index (χ2v) is 8.47. The Balaban J connectivity index is 2.20. The molecule has 1 aliphatic heterocycles. The maximum Gasteiger partial charge on any atom is 0.267 e. The van der Waals surface area contributed by atoms with Crippen LogP contribution >= 0.6 is 11.6 Å². The van der Waals surface area contributed by atoms with E-state index in [1.54, 1.807) is 0 Å². The van der Waals surface area contributed by atoms with Gasteiger partial charge in [-0.2, -0.15) is 0 Å². The number of hydrogen-bond acceptors (Lipinski definition) is 4. The summed E-state index contributed by atoms with van der Waals surface area (Å²) in [6, 6.07) is 4.75. The van der Waals surface area contributed by atoms with Crippen molar-refractivity contribution >= 4 is 21.4 Å². The average molecular weight is 411 g/mol. The summed E-state index contributed by atoms with van der Waals surface area (Å²) in [5, 5.41) is 6.81. The van der Waals surface area contributed by atoms with Crippen molar-refractivity contribution in [1.29, 1.82) is 0 Å². The van der Waals surface area contributed by atoms with E-state index in [0.717, 1.165) is 30.3 Å². The van der Waals surface area contributed by atoms with Crippen molar-refractivity contribution in [2.75, 3.05) is 0 Å². The van der Waals surface area contributed by atoms with Crippen LogP contribution in [0.5, 0.6) is 11.5 Å². The van der Waals surface area contributed by atoms with Gasteiger partial charge in [0.1, 0.15) is 23.4 Å². The molecule has 0 spiro atoms. The minimum atomic E-state index is -4.68. The van der Waals surface area contributed by atoms with Gasteiger partial charge < -0.3 is 9.84 Å². The summed E-state index contributed by atoms with van der Waals surface area (Å²) in [6.07, 6.45) is -5.62. The molecule has 1 aliphatic rings. The van der Waals surface area contributed by atoms with Crippen molar-refractivity contribution < 1.29 is 35.8 Å². The van der Waals surface area contributed by atoms with Gasteiger partial charge in [0, 0.05) is 16.7 Å². The molecular weight excluding hydrogens is 400 g/mol. The summed E-state index contributed by atoms with van der Waals surface area (Å²) in [5.74, 6) is -1.56. The predicted octanol–water partition coefficient (Wildman–Crippen LogP) is 4.72. The first-order valence-electron chi connectivity index (χ1n) is 7.17. The molecule has 0 amide bonds. The van der Waals surface area contributed by atoms with Gasteiger partial charge in [-0.25, -0.2) is 26.0 Å². The second kappa shape index (κ2) is 6.11. The van der Waals surface area contributed by atoms with Crippen LogP contribution in [-0.2, 0) is 9.84 Å². The SMILES string of the molecule is CC1(F)C(O)c2c(ccc(Oc3cc(F)cc(Cl)c3)c2C(F)F)S1(=O)=O. The number of benzene rings is 2. The third-order valence-corrected chi connectivity index (χ3v) is 6.49.